The summed E-state index contributed by atoms with van der Waals surface area (Å²) < 4.78 is 14.1. The Morgan fingerprint density at radius 2 is 2.06 bits per heavy atom. The molecule has 0 saturated heterocycles. The number of hydrogen-bond acceptors (Lipinski definition) is 2. The first-order chi connectivity index (χ1) is 8.58. The van der Waals surface area contributed by atoms with Gasteiger partial charge < -0.3 is 10.6 Å². The third-order valence-electron chi connectivity index (χ3n) is 2.74. The van der Waals surface area contributed by atoms with E-state index in [1.807, 2.05) is 13.8 Å². The Bertz CT molecular complexity index is 388. The first kappa shape index (κ1) is 15.0. The summed E-state index contributed by atoms with van der Waals surface area (Å²) in [4.78, 5) is 11.7. The van der Waals surface area contributed by atoms with E-state index < -0.39 is 0 Å². The first-order valence-corrected chi connectivity index (χ1v) is 6.85. The van der Waals surface area contributed by atoms with Gasteiger partial charge in [0.15, 0.2) is 0 Å². The molecule has 0 atom stereocenters. The van der Waals surface area contributed by atoms with Gasteiger partial charge in [-0.3, -0.25) is 4.79 Å². The zero-order chi connectivity index (χ0) is 13.5. The number of carbonyl (C=O) groups excluding carboxylic acids is 1. The minimum Gasteiger partial charge on any atom is -0.373 e. The van der Waals surface area contributed by atoms with E-state index in [1.54, 1.807) is 12.1 Å². The number of hydrogen-bond donors (Lipinski definition) is 2. The Labute approximate surface area is 115 Å². The van der Waals surface area contributed by atoms with Gasteiger partial charge in [0.25, 0.3) is 0 Å². The quantitative estimate of drug-likeness (QED) is 0.845. The molecule has 0 saturated carbocycles. The summed E-state index contributed by atoms with van der Waals surface area (Å²) in [6.45, 7) is 4.11. The van der Waals surface area contributed by atoms with Crippen molar-refractivity contribution in [3.8, 4) is 0 Å². The number of carbonyl (C=O) groups is 1. The molecule has 0 aromatic heterocycles. The van der Waals surface area contributed by atoms with Gasteiger partial charge in [0.05, 0.1) is 12.2 Å². The SMILES string of the molecule is CCC(CC)NC(=O)CNc1c(F)cccc1Br. The van der Waals surface area contributed by atoms with Gasteiger partial charge in [-0.15, -0.1) is 0 Å². The van der Waals surface area contributed by atoms with Crippen LogP contribution in [0, 0.1) is 5.82 Å². The molecule has 100 valence electrons. The van der Waals surface area contributed by atoms with E-state index in [0.29, 0.717) is 10.2 Å². The summed E-state index contributed by atoms with van der Waals surface area (Å²) in [5.41, 5.74) is 0.317. The van der Waals surface area contributed by atoms with E-state index in [2.05, 4.69) is 26.6 Å². The molecule has 0 radical (unpaired) electrons. The maximum atomic E-state index is 13.5. The number of para-hydroxylation sites is 1. The molecule has 18 heavy (non-hydrogen) atoms. The van der Waals surface area contributed by atoms with Crippen molar-refractivity contribution in [3.05, 3.63) is 28.5 Å². The molecular formula is C13H18BrFN2O. The van der Waals surface area contributed by atoms with Crippen molar-refractivity contribution in [2.45, 2.75) is 32.7 Å². The fourth-order valence-corrected chi connectivity index (χ4v) is 2.09. The van der Waals surface area contributed by atoms with Gasteiger partial charge in [0, 0.05) is 10.5 Å². The first-order valence-electron chi connectivity index (χ1n) is 6.05. The summed E-state index contributed by atoms with van der Waals surface area (Å²) in [6.07, 6.45) is 1.79. The van der Waals surface area contributed by atoms with E-state index >= 15 is 0 Å². The molecule has 0 aliphatic carbocycles. The van der Waals surface area contributed by atoms with Crippen LogP contribution in [0.25, 0.3) is 0 Å². The molecule has 1 aromatic rings. The maximum Gasteiger partial charge on any atom is 0.239 e. The second kappa shape index (κ2) is 7.36. The van der Waals surface area contributed by atoms with E-state index in [1.165, 1.54) is 6.07 Å². The molecule has 1 rings (SSSR count). The summed E-state index contributed by atoms with van der Waals surface area (Å²) in [6, 6.07) is 4.87. The number of benzene rings is 1. The molecule has 3 nitrogen and oxygen atoms in total. The summed E-state index contributed by atoms with van der Waals surface area (Å²) in [5.74, 6) is -0.501. The number of amides is 1. The van der Waals surface area contributed by atoms with Crippen molar-refractivity contribution in [2.24, 2.45) is 0 Å². The molecule has 5 heteroatoms. The third-order valence-corrected chi connectivity index (χ3v) is 3.40. The average Bonchev–Trinajstić information content (AvgIpc) is 2.35. The number of halogens is 2. The second-order valence-corrected chi connectivity index (χ2v) is 4.89. The zero-order valence-electron chi connectivity index (χ0n) is 10.6. The third kappa shape index (κ3) is 4.29. The van der Waals surface area contributed by atoms with Crippen LogP contribution < -0.4 is 10.6 Å². The van der Waals surface area contributed by atoms with Gasteiger partial charge in [0.2, 0.25) is 5.91 Å². The lowest BCUT2D eigenvalue weighted by Crippen LogP contribution is -2.37. The maximum absolute atomic E-state index is 13.5. The highest BCUT2D eigenvalue weighted by Gasteiger charge is 2.10. The molecule has 0 heterocycles. The van der Waals surface area contributed by atoms with Gasteiger partial charge in [0.1, 0.15) is 5.82 Å². The highest BCUT2D eigenvalue weighted by molar-refractivity contribution is 9.10. The van der Waals surface area contributed by atoms with Crippen LogP contribution in [0.2, 0.25) is 0 Å². The topological polar surface area (TPSA) is 41.1 Å². The van der Waals surface area contributed by atoms with Crippen LogP contribution in [0.4, 0.5) is 10.1 Å². The predicted octanol–water partition coefficient (Wildman–Crippen LogP) is 3.30. The number of anilines is 1. The Hall–Kier alpha value is -1.10. The Balaban J connectivity index is 2.52. The molecule has 0 aliphatic rings. The van der Waals surface area contributed by atoms with E-state index in [-0.39, 0.29) is 24.3 Å². The van der Waals surface area contributed by atoms with Gasteiger partial charge >= 0.3 is 0 Å². The van der Waals surface area contributed by atoms with E-state index in [9.17, 15) is 9.18 Å². The van der Waals surface area contributed by atoms with Crippen LogP contribution in [-0.4, -0.2) is 18.5 Å². The fourth-order valence-electron chi connectivity index (χ4n) is 1.61. The summed E-state index contributed by atoms with van der Waals surface area (Å²) in [7, 11) is 0. The highest BCUT2D eigenvalue weighted by atomic mass is 79.9. The molecule has 0 fully saturated rings. The number of rotatable bonds is 6. The van der Waals surface area contributed by atoms with E-state index in [4.69, 9.17) is 0 Å². The molecule has 0 bridgehead atoms. The molecule has 2 N–H and O–H groups in total. The standard InChI is InChI=1S/C13H18BrFN2O/c1-3-9(4-2)17-12(18)8-16-13-10(14)6-5-7-11(13)15/h5-7,9,16H,3-4,8H2,1-2H3,(H,17,18). The lowest BCUT2D eigenvalue weighted by atomic mass is 10.2. The van der Waals surface area contributed by atoms with Crippen molar-refractivity contribution in [1.82, 2.24) is 5.32 Å². The summed E-state index contributed by atoms with van der Waals surface area (Å²) in [5, 5.41) is 5.69. The minimum absolute atomic E-state index is 0.0655. The zero-order valence-corrected chi connectivity index (χ0v) is 12.2. The van der Waals surface area contributed by atoms with Gasteiger partial charge in [-0.25, -0.2) is 4.39 Å². The lowest BCUT2D eigenvalue weighted by molar-refractivity contribution is -0.120. The van der Waals surface area contributed by atoms with E-state index in [0.717, 1.165) is 12.8 Å². The summed E-state index contributed by atoms with van der Waals surface area (Å²) >= 11 is 3.24. The number of nitrogens with one attached hydrogen (secondary N) is 2. The van der Waals surface area contributed by atoms with Crippen LogP contribution in [-0.2, 0) is 4.79 Å². The predicted molar refractivity (Wildman–Crippen MR) is 75.1 cm³/mol. The smallest absolute Gasteiger partial charge is 0.239 e. The monoisotopic (exact) mass is 316 g/mol. The molecule has 1 aromatic carbocycles. The highest BCUT2D eigenvalue weighted by Crippen LogP contribution is 2.24. The molecule has 0 unspecified atom stereocenters. The fraction of sp³-hybridized carbons (Fsp3) is 0.462. The van der Waals surface area contributed by atoms with Crippen LogP contribution in [0.5, 0.6) is 0 Å². The largest absolute Gasteiger partial charge is 0.373 e. The van der Waals surface area contributed by atoms with Crippen molar-refractivity contribution >= 4 is 27.5 Å². The van der Waals surface area contributed by atoms with Crippen molar-refractivity contribution in [1.29, 1.82) is 0 Å². The van der Waals surface area contributed by atoms with Crippen LogP contribution in [0.3, 0.4) is 0 Å². The molecular weight excluding hydrogens is 299 g/mol. The Morgan fingerprint density at radius 1 is 1.39 bits per heavy atom. The molecule has 1 amide bonds. The van der Waals surface area contributed by atoms with Crippen LogP contribution in [0.15, 0.2) is 22.7 Å². The van der Waals surface area contributed by atoms with Crippen molar-refractivity contribution in [3.63, 3.8) is 0 Å². The minimum atomic E-state index is -0.375. The van der Waals surface area contributed by atoms with Gasteiger partial charge in [-0.2, -0.15) is 0 Å². The molecule has 0 spiro atoms. The van der Waals surface area contributed by atoms with Crippen molar-refractivity contribution in [2.75, 3.05) is 11.9 Å². The normalized spacial score (nSPS) is 10.5. The van der Waals surface area contributed by atoms with Crippen molar-refractivity contribution < 1.29 is 9.18 Å². The Morgan fingerprint density at radius 3 is 2.61 bits per heavy atom. The Kier molecular flexibility index (Phi) is 6.12. The van der Waals surface area contributed by atoms with Crippen LogP contribution in [0.1, 0.15) is 26.7 Å². The average molecular weight is 317 g/mol. The molecule has 0 aliphatic heterocycles. The van der Waals surface area contributed by atoms with Gasteiger partial charge in [-0.05, 0) is 40.9 Å². The lowest BCUT2D eigenvalue weighted by Gasteiger charge is -2.15. The van der Waals surface area contributed by atoms with Gasteiger partial charge in [-0.1, -0.05) is 19.9 Å². The van der Waals surface area contributed by atoms with Crippen LogP contribution >= 0.6 is 15.9 Å². The second-order valence-electron chi connectivity index (χ2n) is 4.03.